The molecule has 2 N–H and O–H groups in total. The lowest BCUT2D eigenvalue weighted by molar-refractivity contribution is 1.06. The summed E-state index contributed by atoms with van der Waals surface area (Å²) in [6.45, 7) is 0. The highest BCUT2D eigenvalue weighted by Gasteiger charge is 2.09. The summed E-state index contributed by atoms with van der Waals surface area (Å²) in [5, 5.41) is 2.20. The second kappa shape index (κ2) is 4.03. The summed E-state index contributed by atoms with van der Waals surface area (Å²) in [5.41, 5.74) is 7.97. The van der Waals surface area contributed by atoms with Crippen LogP contribution in [0.5, 0.6) is 0 Å². The van der Waals surface area contributed by atoms with E-state index >= 15 is 0 Å². The molecule has 0 saturated carbocycles. The van der Waals surface area contributed by atoms with Gasteiger partial charge in [-0.2, -0.15) is 0 Å². The zero-order valence-corrected chi connectivity index (χ0v) is 10.5. The molecule has 2 aromatic carbocycles. The lowest BCUT2D eigenvalue weighted by Gasteiger charge is -2.05. The molecule has 5 nitrogen and oxygen atoms in total. The normalized spacial score (nSPS) is 11.2. The number of nitrogens with zero attached hydrogens (tertiary/aromatic N) is 4. The maximum absolute atomic E-state index is 5.80. The van der Waals surface area contributed by atoms with E-state index in [4.69, 9.17) is 5.73 Å². The van der Waals surface area contributed by atoms with Crippen LogP contribution in [0.1, 0.15) is 0 Å². The minimum Gasteiger partial charge on any atom is -0.382 e. The largest absolute Gasteiger partial charge is 0.382 e. The first-order chi connectivity index (χ1) is 9.83. The van der Waals surface area contributed by atoms with E-state index < -0.39 is 0 Å². The molecule has 0 aliphatic carbocycles. The van der Waals surface area contributed by atoms with Crippen LogP contribution in [0.15, 0.2) is 49.1 Å². The summed E-state index contributed by atoms with van der Waals surface area (Å²) in [4.78, 5) is 12.5. The number of nitrogen functional groups attached to an aromatic ring is 1. The fourth-order valence-corrected chi connectivity index (χ4v) is 2.27. The van der Waals surface area contributed by atoms with Crippen LogP contribution in [-0.2, 0) is 0 Å². The highest BCUT2D eigenvalue weighted by molar-refractivity contribution is 5.86. The van der Waals surface area contributed by atoms with Gasteiger partial charge >= 0.3 is 0 Å². The first-order valence-corrected chi connectivity index (χ1v) is 6.18. The Kier molecular flexibility index (Phi) is 2.20. The van der Waals surface area contributed by atoms with Gasteiger partial charge in [-0.05, 0) is 16.8 Å². The number of aromatic nitrogens is 4. The number of hydrogen-bond acceptors (Lipinski definition) is 4. The smallest absolute Gasteiger partial charge is 0.170 e. The second-order valence-corrected chi connectivity index (χ2v) is 4.48. The van der Waals surface area contributed by atoms with Gasteiger partial charge in [0.1, 0.15) is 12.7 Å². The Morgan fingerprint density at radius 3 is 2.85 bits per heavy atom. The Balaban J connectivity index is 1.99. The number of nitrogens with two attached hydrogens (primary N) is 1. The van der Waals surface area contributed by atoms with Gasteiger partial charge in [-0.1, -0.05) is 30.3 Å². The summed E-state index contributed by atoms with van der Waals surface area (Å²) < 4.78 is 1.86. The van der Waals surface area contributed by atoms with E-state index in [9.17, 15) is 0 Å². The van der Waals surface area contributed by atoms with Crippen molar-refractivity contribution in [3.8, 4) is 5.69 Å². The van der Waals surface area contributed by atoms with E-state index in [1.165, 1.54) is 6.33 Å². The molecule has 0 fully saturated rings. The first-order valence-electron chi connectivity index (χ1n) is 6.18. The third kappa shape index (κ3) is 1.53. The van der Waals surface area contributed by atoms with E-state index in [0.29, 0.717) is 17.0 Å². The quantitative estimate of drug-likeness (QED) is 0.570. The lowest BCUT2D eigenvalue weighted by atomic mass is 10.1. The van der Waals surface area contributed by atoms with Crippen LogP contribution in [0.4, 0.5) is 5.82 Å². The predicted molar refractivity (Wildman–Crippen MR) is 77.4 cm³/mol. The van der Waals surface area contributed by atoms with Crippen LogP contribution < -0.4 is 5.73 Å². The maximum atomic E-state index is 5.80. The van der Waals surface area contributed by atoms with Crippen molar-refractivity contribution in [2.24, 2.45) is 0 Å². The molecular weight excluding hydrogens is 250 g/mol. The van der Waals surface area contributed by atoms with E-state index in [0.717, 1.165) is 16.5 Å². The molecule has 5 heteroatoms. The Morgan fingerprint density at radius 1 is 1.00 bits per heavy atom. The summed E-state index contributed by atoms with van der Waals surface area (Å²) in [6.07, 6.45) is 3.13. The molecule has 0 saturated heterocycles. The van der Waals surface area contributed by atoms with Gasteiger partial charge in [-0.3, -0.25) is 4.57 Å². The highest BCUT2D eigenvalue weighted by Crippen LogP contribution is 2.22. The average molecular weight is 260 g/mol. The molecule has 0 bridgehead atoms. The molecular formula is C15H10N5. The number of fused-ring (bicyclic) bond motifs is 2. The van der Waals surface area contributed by atoms with Crippen LogP contribution in [0.25, 0.3) is 27.6 Å². The van der Waals surface area contributed by atoms with Gasteiger partial charge < -0.3 is 5.73 Å². The van der Waals surface area contributed by atoms with Crippen molar-refractivity contribution in [3.63, 3.8) is 0 Å². The van der Waals surface area contributed by atoms with Gasteiger partial charge in [0.25, 0.3) is 0 Å². The fraction of sp³-hybridized carbons (Fsp3) is 0. The molecule has 4 aromatic rings. The molecule has 0 aliphatic heterocycles. The van der Waals surface area contributed by atoms with Crippen molar-refractivity contribution in [1.82, 2.24) is 19.5 Å². The topological polar surface area (TPSA) is 69.6 Å². The molecule has 0 atom stereocenters. The molecule has 95 valence electrons. The van der Waals surface area contributed by atoms with E-state index in [2.05, 4.69) is 33.2 Å². The van der Waals surface area contributed by atoms with Crippen LogP contribution >= 0.6 is 0 Å². The number of anilines is 1. The number of rotatable bonds is 1. The zero-order chi connectivity index (χ0) is 13.5. The van der Waals surface area contributed by atoms with Crippen LogP contribution in [0, 0.1) is 6.07 Å². The molecule has 0 unspecified atom stereocenters. The second-order valence-electron chi connectivity index (χ2n) is 4.48. The lowest BCUT2D eigenvalue weighted by Crippen LogP contribution is -1.97. The average Bonchev–Trinajstić information content (AvgIpc) is 2.92. The highest BCUT2D eigenvalue weighted by atomic mass is 15.1. The molecule has 0 aliphatic rings. The van der Waals surface area contributed by atoms with Crippen molar-refractivity contribution in [2.75, 3.05) is 5.73 Å². The van der Waals surface area contributed by atoms with Crippen LogP contribution in [-0.4, -0.2) is 19.5 Å². The van der Waals surface area contributed by atoms with Gasteiger partial charge in [0.05, 0.1) is 5.69 Å². The summed E-state index contributed by atoms with van der Waals surface area (Å²) in [7, 11) is 0. The Hall–Kier alpha value is -2.95. The van der Waals surface area contributed by atoms with Gasteiger partial charge in [0.15, 0.2) is 17.0 Å². The summed E-state index contributed by atoms with van der Waals surface area (Å²) in [6, 6.07) is 15.5. The Bertz CT molecular complexity index is 926. The van der Waals surface area contributed by atoms with Crippen molar-refractivity contribution < 1.29 is 0 Å². The van der Waals surface area contributed by atoms with Crippen LogP contribution in [0.3, 0.4) is 0 Å². The number of benzene rings is 2. The molecule has 2 aromatic heterocycles. The van der Waals surface area contributed by atoms with E-state index in [1.807, 2.05) is 28.8 Å². The van der Waals surface area contributed by atoms with Crippen molar-refractivity contribution in [3.05, 3.63) is 55.1 Å². The molecule has 20 heavy (non-hydrogen) atoms. The summed E-state index contributed by atoms with van der Waals surface area (Å²) >= 11 is 0. The monoisotopic (exact) mass is 260 g/mol. The van der Waals surface area contributed by atoms with Crippen molar-refractivity contribution in [2.45, 2.75) is 0 Å². The SMILES string of the molecule is Nc1ncnc2c1ncn2-c1[c]c2ccccc2cc1. The molecule has 4 rings (SSSR count). The van der Waals surface area contributed by atoms with E-state index in [-0.39, 0.29) is 0 Å². The third-order valence-electron chi connectivity index (χ3n) is 3.27. The minimum absolute atomic E-state index is 0.384. The first kappa shape index (κ1) is 10.9. The van der Waals surface area contributed by atoms with Crippen molar-refractivity contribution >= 4 is 27.8 Å². The zero-order valence-electron chi connectivity index (χ0n) is 10.5. The van der Waals surface area contributed by atoms with Crippen LogP contribution in [0.2, 0.25) is 0 Å². The van der Waals surface area contributed by atoms with E-state index in [1.54, 1.807) is 6.33 Å². The van der Waals surface area contributed by atoms with Gasteiger partial charge in [-0.15, -0.1) is 0 Å². The fourth-order valence-electron chi connectivity index (χ4n) is 2.27. The molecule has 1 radical (unpaired) electrons. The molecule has 0 spiro atoms. The van der Waals surface area contributed by atoms with Gasteiger partial charge in [-0.25, -0.2) is 15.0 Å². The minimum atomic E-state index is 0.384. The molecule has 0 amide bonds. The Labute approximate surface area is 114 Å². The van der Waals surface area contributed by atoms with Gasteiger partial charge in [0.2, 0.25) is 0 Å². The van der Waals surface area contributed by atoms with Gasteiger partial charge in [0, 0.05) is 6.07 Å². The number of imidazole rings is 1. The Morgan fingerprint density at radius 2 is 1.90 bits per heavy atom. The summed E-state index contributed by atoms with van der Waals surface area (Å²) in [5.74, 6) is 0.384. The van der Waals surface area contributed by atoms with Crippen molar-refractivity contribution in [1.29, 1.82) is 0 Å². The third-order valence-corrected chi connectivity index (χ3v) is 3.27. The number of hydrogen-bond donors (Lipinski definition) is 1. The standard InChI is InChI=1S/C15H10N5/c16-14-13-15(18-8-17-14)20(9-19-13)12-6-5-10-3-1-2-4-11(10)7-12/h1-6,8-9H,(H2,16,17,18). The predicted octanol–water partition coefficient (Wildman–Crippen LogP) is 2.35. The maximum Gasteiger partial charge on any atom is 0.170 e. The molecule has 2 heterocycles.